The minimum absolute atomic E-state index is 0. The maximum atomic E-state index is 4.85. The SMILES string of the molecule is CC1=C2[N-]C(=Cc3nc(c(C)s3)C3=C(C)SC(=Cc4nc2c(C)s4)[N-]3)S1.[Pt+2]. The van der Waals surface area contributed by atoms with Crippen molar-refractivity contribution in [3.8, 4) is 0 Å². The Morgan fingerprint density at radius 3 is 1.52 bits per heavy atom. The molecule has 4 nitrogen and oxygen atoms in total. The van der Waals surface area contributed by atoms with Crippen molar-refractivity contribution in [1.82, 2.24) is 9.97 Å². The Labute approximate surface area is 189 Å². The van der Waals surface area contributed by atoms with Gasteiger partial charge in [-0.25, -0.2) is 9.97 Å². The van der Waals surface area contributed by atoms with Gasteiger partial charge in [-0.05, 0) is 49.7 Å². The van der Waals surface area contributed by atoms with E-state index in [1.165, 1.54) is 19.6 Å². The molecule has 3 aliphatic heterocycles. The fourth-order valence-electron chi connectivity index (χ4n) is 3.00. The number of hydrogen-bond acceptors (Lipinski definition) is 6. The van der Waals surface area contributed by atoms with Crippen LogP contribution >= 0.6 is 46.2 Å². The molecule has 2 aromatic heterocycles. The quantitative estimate of drug-likeness (QED) is 0.319. The molecular formula is C18H14N4PtS4. The molecule has 0 fully saturated rings. The van der Waals surface area contributed by atoms with Crippen LogP contribution in [0.1, 0.15) is 45.0 Å². The zero-order valence-corrected chi connectivity index (χ0v) is 20.4. The molecule has 8 bridgehead atoms. The Kier molecular flexibility index (Phi) is 5.23. The molecule has 0 aromatic carbocycles. The monoisotopic (exact) mass is 609 g/mol. The molecule has 0 aliphatic carbocycles. The smallest absolute Gasteiger partial charge is 0.650 e. The Balaban J connectivity index is 0.00000180. The van der Waals surface area contributed by atoms with Gasteiger partial charge in [0, 0.05) is 9.75 Å². The van der Waals surface area contributed by atoms with Gasteiger partial charge in [0.15, 0.2) is 0 Å². The zero-order chi connectivity index (χ0) is 18.0. The first-order valence-electron chi connectivity index (χ1n) is 8.08. The molecule has 0 spiro atoms. The number of aryl methyl sites for hydroxylation is 2. The molecule has 0 saturated carbocycles. The van der Waals surface area contributed by atoms with E-state index < -0.39 is 0 Å². The fourth-order valence-corrected chi connectivity index (χ4v) is 6.59. The van der Waals surface area contributed by atoms with Crippen molar-refractivity contribution in [2.45, 2.75) is 27.7 Å². The standard InChI is InChI=1S/C18H14N4S4.Pt/c1-7-15-16-8(2)24-13(20-16)6-14-22-18(10(4)26-14)17-9(3)25-12(21-17)5-11(19-15)23-7;/h5-6H,1-4H3;/q-2;+2. The summed E-state index contributed by atoms with van der Waals surface area (Å²) in [6.45, 7) is 8.44. The molecule has 9 heteroatoms. The van der Waals surface area contributed by atoms with Crippen molar-refractivity contribution in [2.75, 3.05) is 0 Å². The molecule has 0 atom stereocenters. The van der Waals surface area contributed by atoms with Gasteiger partial charge in [0.05, 0.1) is 11.4 Å². The van der Waals surface area contributed by atoms with Crippen LogP contribution in [0.5, 0.6) is 0 Å². The summed E-state index contributed by atoms with van der Waals surface area (Å²) in [5.74, 6) is 0. The van der Waals surface area contributed by atoms with Crippen LogP contribution in [-0.2, 0) is 21.1 Å². The minimum Gasteiger partial charge on any atom is -0.650 e. The second-order valence-electron chi connectivity index (χ2n) is 6.12. The molecule has 5 heterocycles. The summed E-state index contributed by atoms with van der Waals surface area (Å²) < 4.78 is 0. The van der Waals surface area contributed by atoms with Crippen molar-refractivity contribution in [1.29, 1.82) is 0 Å². The molecule has 0 amide bonds. The van der Waals surface area contributed by atoms with Gasteiger partial charge in [-0.15, -0.1) is 46.2 Å². The van der Waals surface area contributed by atoms with Crippen molar-refractivity contribution < 1.29 is 21.1 Å². The van der Waals surface area contributed by atoms with E-state index in [1.54, 1.807) is 46.2 Å². The van der Waals surface area contributed by atoms with E-state index in [1.807, 2.05) is 0 Å². The summed E-state index contributed by atoms with van der Waals surface area (Å²) in [5, 5.41) is 13.6. The van der Waals surface area contributed by atoms with Gasteiger partial charge >= 0.3 is 21.1 Å². The van der Waals surface area contributed by atoms with Crippen LogP contribution in [0.2, 0.25) is 0 Å². The molecule has 0 N–H and O–H groups in total. The summed E-state index contributed by atoms with van der Waals surface area (Å²) in [7, 11) is 0. The van der Waals surface area contributed by atoms with Crippen molar-refractivity contribution in [3.63, 3.8) is 0 Å². The van der Waals surface area contributed by atoms with E-state index in [2.05, 4.69) is 39.8 Å². The first-order chi connectivity index (χ1) is 12.5. The average Bonchev–Trinajstić information content (AvgIpc) is 3.28. The molecular weight excluding hydrogens is 596 g/mol. The van der Waals surface area contributed by atoms with Gasteiger partial charge < -0.3 is 10.6 Å². The third kappa shape index (κ3) is 3.40. The van der Waals surface area contributed by atoms with E-state index in [0.717, 1.165) is 42.9 Å². The topological polar surface area (TPSA) is 54.0 Å². The molecule has 5 rings (SSSR count). The number of nitrogens with zero attached hydrogens (tertiary/aromatic N) is 4. The molecule has 140 valence electrons. The van der Waals surface area contributed by atoms with E-state index in [4.69, 9.17) is 20.6 Å². The van der Waals surface area contributed by atoms with Gasteiger partial charge in [-0.3, -0.25) is 0 Å². The van der Waals surface area contributed by atoms with Gasteiger partial charge in [0.2, 0.25) is 0 Å². The maximum absolute atomic E-state index is 4.85. The van der Waals surface area contributed by atoms with Crippen molar-refractivity contribution in [3.05, 3.63) is 61.7 Å². The summed E-state index contributed by atoms with van der Waals surface area (Å²) in [5.41, 5.74) is 3.93. The first kappa shape index (κ1) is 19.5. The molecule has 3 aliphatic rings. The van der Waals surface area contributed by atoms with Crippen molar-refractivity contribution >= 4 is 69.7 Å². The number of allylic oxidation sites excluding steroid dienone is 2. The third-order valence-corrected chi connectivity index (χ3v) is 7.87. The largest absolute Gasteiger partial charge is 2.00 e. The fraction of sp³-hybridized carbons (Fsp3) is 0.222. The Bertz CT molecular complexity index is 1000. The number of thioether (sulfide) groups is 2. The van der Waals surface area contributed by atoms with Gasteiger partial charge in [0.1, 0.15) is 10.0 Å². The molecule has 0 saturated heterocycles. The number of hydrogen-bond donors (Lipinski definition) is 0. The molecule has 27 heavy (non-hydrogen) atoms. The van der Waals surface area contributed by atoms with E-state index in [9.17, 15) is 0 Å². The van der Waals surface area contributed by atoms with Gasteiger partial charge in [-0.2, -0.15) is 0 Å². The number of rotatable bonds is 0. The normalized spacial score (nSPS) is 17.8. The van der Waals surface area contributed by atoms with Crippen LogP contribution in [0.4, 0.5) is 0 Å². The Hall–Kier alpha value is -0.792. The van der Waals surface area contributed by atoms with Crippen LogP contribution in [0.25, 0.3) is 34.2 Å². The Morgan fingerprint density at radius 1 is 0.704 bits per heavy atom. The van der Waals surface area contributed by atoms with E-state index >= 15 is 0 Å². The molecule has 0 radical (unpaired) electrons. The van der Waals surface area contributed by atoms with Crippen LogP contribution in [0, 0.1) is 13.8 Å². The Morgan fingerprint density at radius 2 is 1.11 bits per heavy atom. The van der Waals surface area contributed by atoms with E-state index in [-0.39, 0.29) is 21.1 Å². The van der Waals surface area contributed by atoms with Crippen LogP contribution in [-0.4, -0.2) is 9.97 Å². The second kappa shape index (κ2) is 7.23. The zero-order valence-electron chi connectivity index (χ0n) is 14.9. The van der Waals surface area contributed by atoms with E-state index in [0.29, 0.717) is 0 Å². The summed E-state index contributed by atoms with van der Waals surface area (Å²) in [6.07, 6.45) is 4.15. The number of aromatic nitrogens is 2. The van der Waals surface area contributed by atoms with Gasteiger partial charge in [-0.1, -0.05) is 21.5 Å². The minimum atomic E-state index is 0. The number of fused-ring (bicyclic) bond motifs is 10. The average molecular weight is 610 g/mol. The first-order valence-corrected chi connectivity index (χ1v) is 11.3. The number of thiazole rings is 2. The maximum Gasteiger partial charge on any atom is 2.00 e. The summed E-state index contributed by atoms with van der Waals surface area (Å²) >= 11 is 6.77. The van der Waals surface area contributed by atoms with Crippen LogP contribution in [0.3, 0.4) is 0 Å². The molecule has 2 aromatic rings. The van der Waals surface area contributed by atoms with Crippen LogP contribution in [0.15, 0.2) is 19.9 Å². The van der Waals surface area contributed by atoms with Gasteiger partial charge in [0.25, 0.3) is 0 Å². The predicted molar refractivity (Wildman–Crippen MR) is 117 cm³/mol. The summed E-state index contributed by atoms with van der Waals surface area (Å²) in [4.78, 5) is 14.4. The van der Waals surface area contributed by atoms with Crippen molar-refractivity contribution in [2.24, 2.45) is 0 Å². The van der Waals surface area contributed by atoms with Crippen LogP contribution < -0.4 is 0 Å². The second-order valence-corrected chi connectivity index (χ2v) is 11.1. The predicted octanol–water partition coefficient (Wildman–Crippen LogP) is 7.14. The molecule has 0 unspecified atom stereocenters. The third-order valence-electron chi connectivity index (χ3n) is 4.20. The summed E-state index contributed by atoms with van der Waals surface area (Å²) in [6, 6.07) is 0.